The predicted octanol–water partition coefficient (Wildman–Crippen LogP) is 4.74. The van der Waals surface area contributed by atoms with E-state index in [4.69, 9.17) is 0 Å². The fraction of sp³-hybridized carbons (Fsp3) is 0.667. The Labute approximate surface area is 123 Å². The van der Waals surface area contributed by atoms with Crippen LogP contribution in [0, 0.1) is 5.92 Å². The lowest BCUT2D eigenvalue weighted by molar-refractivity contribution is 0.137. The number of phenolic OH excluding ortho intramolecular Hbond substituents is 1. The minimum atomic E-state index is 0.379. The summed E-state index contributed by atoms with van der Waals surface area (Å²) in [4.78, 5) is 2.67. The van der Waals surface area contributed by atoms with Gasteiger partial charge in [0.05, 0.1) is 0 Å². The molecule has 0 amide bonds. The van der Waals surface area contributed by atoms with E-state index in [9.17, 15) is 5.11 Å². The van der Waals surface area contributed by atoms with E-state index < -0.39 is 0 Å². The van der Waals surface area contributed by atoms with Crippen LogP contribution in [0.4, 0.5) is 0 Å². The van der Waals surface area contributed by atoms with Gasteiger partial charge in [-0.1, -0.05) is 38.8 Å². The van der Waals surface area contributed by atoms with Crippen molar-refractivity contribution in [1.29, 1.82) is 0 Å². The molecule has 0 aromatic heterocycles. The van der Waals surface area contributed by atoms with Crippen molar-refractivity contribution >= 4 is 0 Å². The van der Waals surface area contributed by atoms with Crippen molar-refractivity contribution < 1.29 is 5.11 Å². The molecule has 1 aliphatic carbocycles. The number of aromatic hydroxyl groups is 1. The Morgan fingerprint density at radius 3 is 2.50 bits per heavy atom. The van der Waals surface area contributed by atoms with Crippen LogP contribution < -0.4 is 0 Å². The molecule has 1 aromatic rings. The summed E-state index contributed by atoms with van der Waals surface area (Å²) < 4.78 is 0. The van der Waals surface area contributed by atoms with Gasteiger partial charge in [0.1, 0.15) is 5.75 Å². The highest BCUT2D eigenvalue weighted by Crippen LogP contribution is 2.32. The second-order valence-corrected chi connectivity index (χ2v) is 6.63. The first-order chi connectivity index (χ1) is 9.58. The summed E-state index contributed by atoms with van der Waals surface area (Å²) in [6.45, 7) is 8.05. The van der Waals surface area contributed by atoms with Crippen molar-refractivity contribution in [2.45, 2.75) is 65.0 Å². The van der Waals surface area contributed by atoms with Crippen LogP contribution in [0.15, 0.2) is 24.3 Å². The summed E-state index contributed by atoms with van der Waals surface area (Å²) in [7, 11) is 0. The van der Waals surface area contributed by atoms with Crippen molar-refractivity contribution in [1.82, 2.24) is 4.90 Å². The summed E-state index contributed by atoms with van der Waals surface area (Å²) >= 11 is 0. The summed E-state index contributed by atoms with van der Waals surface area (Å²) in [6, 6.07) is 8.89. The molecular weight excluding hydrogens is 246 g/mol. The predicted molar refractivity (Wildman–Crippen MR) is 84.9 cm³/mol. The largest absolute Gasteiger partial charge is 0.508 e. The minimum Gasteiger partial charge on any atom is -0.508 e. The highest BCUT2D eigenvalue weighted by atomic mass is 16.3. The molecule has 1 N–H and O–H groups in total. The first-order valence-corrected chi connectivity index (χ1v) is 8.12. The molecule has 1 aromatic carbocycles. The lowest BCUT2D eigenvalue weighted by atomic mass is 10.0. The smallest absolute Gasteiger partial charge is 0.115 e. The number of phenols is 1. The Morgan fingerprint density at radius 2 is 1.90 bits per heavy atom. The van der Waals surface area contributed by atoms with Gasteiger partial charge in [0, 0.05) is 12.1 Å². The molecule has 1 unspecified atom stereocenters. The molecule has 1 saturated carbocycles. The van der Waals surface area contributed by atoms with Gasteiger partial charge < -0.3 is 5.11 Å². The fourth-order valence-corrected chi connectivity index (χ4v) is 3.31. The van der Waals surface area contributed by atoms with E-state index in [1.54, 1.807) is 6.07 Å². The molecule has 0 heterocycles. The van der Waals surface area contributed by atoms with E-state index in [1.807, 2.05) is 12.1 Å². The van der Waals surface area contributed by atoms with E-state index in [-0.39, 0.29) is 0 Å². The van der Waals surface area contributed by atoms with Crippen LogP contribution >= 0.6 is 0 Å². The molecule has 0 bridgehead atoms. The van der Waals surface area contributed by atoms with E-state index in [2.05, 4.69) is 31.7 Å². The molecule has 0 saturated heterocycles. The highest BCUT2D eigenvalue weighted by molar-refractivity contribution is 5.29. The molecule has 0 aliphatic heterocycles. The molecule has 2 nitrogen and oxygen atoms in total. The van der Waals surface area contributed by atoms with Crippen LogP contribution in [0.3, 0.4) is 0 Å². The maximum Gasteiger partial charge on any atom is 0.115 e. The molecule has 0 spiro atoms. The Bertz CT molecular complexity index is 410. The molecule has 2 heteroatoms. The van der Waals surface area contributed by atoms with Crippen molar-refractivity contribution in [3.63, 3.8) is 0 Å². The third-order valence-corrected chi connectivity index (χ3v) is 4.61. The van der Waals surface area contributed by atoms with E-state index in [1.165, 1.54) is 44.2 Å². The monoisotopic (exact) mass is 275 g/mol. The average molecular weight is 275 g/mol. The van der Waals surface area contributed by atoms with Crippen LogP contribution in [-0.4, -0.2) is 22.6 Å². The maximum atomic E-state index is 9.71. The molecule has 0 radical (unpaired) electrons. The Morgan fingerprint density at radius 1 is 1.20 bits per heavy atom. The Hall–Kier alpha value is -1.02. The van der Waals surface area contributed by atoms with Gasteiger partial charge in [-0.05, 0) is 56.3 Å². The average Bonchev–Trinajstić information content (AvgIpc) is 2.92. The van der Waals surface area contributed by atoms with E-state index in [0.29, 0.717) is 11.8 Å². The third kappa shape index (κ3) is 3.99. The quantitative estimate of drug-likeness (QED) is 0.810. The maximum absolute atomic E-state index is 9.71. The van der Waals surface area contributed by atoms with Gasteiger partial charge in [0.25, 0.3) is 0 Å². The van der Waals surface area contributed by atoms with E-state index in [0.717, 1.165) is 12.0 Å². The number of hydrogen-bond acceptors (Lipinski definition) is 2. The number of nitrogens with zero attached hydrogens (tertiary/aromatic N) is 1. The first-order valence-electron chi connectivity index (χ1n) is 8.12. The van der Waals surface area contributed by atoms with Crippen LogP contribution in [-0.2, 0) is 0 Å². The number of benzene rings is 1. The Balaban J connectivity index is 2.11. The molecule has 1 fully saturated rings. The zero-order chi connectivity index (χ0) is 14.5. The van der Waals surface area contributed by atoms with Gasteiger partial charge in [0.15, 0.2) is 0 Å². The second kappa shape index (κ2) is 7.12. The SMILES string of the molecule is CC(C)CCN(C1CCCC1)C(C)c1cccc(O)c1. The summed E-state index contributed by atoms with van der Waals surface area (Å²) in [5.41, 5.74) is 1.24. The van der Waals surface area contributed by atoms with Crippen LogP contribution in [0.2, 0.25) is 0 Å². The van der Waals surface area contributed by atoms with Crippen molar-refractivity contribution in [3.05, 3.63) is 29.8 Å². The van der Waals surface area contributed by atoms with E-state index >= 15 is 0 Å². The number of rotatable bonds is 6. The van der Waals surface area contributed by atoms with Crippen LogP contribution in [0.5, 0.6) is 5.75 Å². The number of hydrogen-bond donors (Lipinski definition) is 1. The summed E-state index contributed by atoms with van der Waals surface area (Å²) in [5.74, 6) is 1.12. The molecular formula is C18H29NO. The van der Waals surface area contributed by atoms with Gasteiger partial charge in [-0.15, -0.1) is 0 Å². The van der Waals surface area contributed by atoms with Gasteiger partial charge in [-0.25, -0.2) is 0 Å². The molecule has 1 atom stereocenters. The van der Waals surface area contributed by atoms with Gasteiger partial charge in [-0.2, -0.15) is 0 Å². The molecule has 1 aliphatic rings. The van der Waals surface area contributed by atoms with Crippen molar-refractivity contribution in [2.24, 2.45) is 5.92 Å². The Kier molecular flexibility index (Phi) is 5.47. The normalized spacial score (nSPS) is 18.1. The standard InChI is InChI=1S/C18H29NO/c1-14(2)11-12-19(17-8-4-5-9-17)15(3)16-7-6-10-18(20)13-16/h6-7,10,13-15,17,20H,4-5,8-9,11-12H2,1-3H3. The van der Waals surface area contributed by atoms with Gasteiger partial charge in [-0.3, -0.25) is 4.90 Å². The fourth-order valence-electron chi connectivity index (χ4n) is 3.31. The molecule has 2 rings (SSSR count). The van der Waals surface area contributed by atoms with Gasteiger partial charge in [0.2, 0.25) is 0 Å². The molecule has 112 valence electrons. The zero-order valence-corrected chi connectivity index (χ0v) is 13.2. The summed E-state index contributed by atoms with van der Waals surface area (Å²) in [5, 5.41) is 9.71. The van der Waals surface area contributed by atoms with Crippen molar-refractivity contribution in [3.8, 4) is 5.75 Å². The second-order valence-electron chi connectivity index (χ2n) is 6.63. The minimum absolute atomic E-state index is 0.379. The van der Waals surface area contributed by atoms with Crippen LogP contribution in [0.1, 0.15) is 64.5 Å². The lowest BCUT2D eigenvalue weighted by Crippen LogP contribution is -2.37. The topological polar surface area (TPSA) is 23.5 Å². The first kappa shape index (κ1) is 15.4. The highest BCUT2D eigenvalue weighted by Gasteiger charge is 2.27. The zero-order valence-electron chi connectivity index (χ0n) is 13.2. The summed E-state index contributed by atoms with van der Waals surface area (Å²) in [6.07, 6.45) is 6.66. The lowest BCUT2D eigenvalue weighted by Gasteiger charge is -2.35. The van der Waals surface area contributed by atoms with Gasteiger partial charge >= 0.3 is 0 Å². The third-order valence-electron chi connectivity index (χ3n) is 4.61. The van der Waals surface area contributed by atoms with Crippen LogP contribution in [0.25, 0.3) is 0 Å². The van der Waals surface area contributed by atoms with Crippen molar-refractivity contribution in [2.75, 3.05) is 6.54 Å². The molecule has 20 heavy (non-hydrogen) atoms.